The highest BCUT2D eigenvalue weighted by Crippen LogP contribution is 2.40. The first-order valence-electron chi connectivity index (χ1n) is 11.1. The molecule has 2 saturated heterocycles. The summed E-state index contributed by atoms with van der Waals surface area (Å²) in [6, 6.07) is 9.83. The molecule has 5 rings (SSSR count). The SMILES string of the molecule is Cc1cc(C2CC2)cnc1N1CCN(C(=O)c2ccc(CN3CCOC3=O)cc2)CC1. The number of pyridine rings is 1. The number of rotatable bonds is 5. The monoisotopic (exact) mass is 420 g/mol. The zero-order valence-electron chi connectivity index (χ0n) is 17.9. The third-order valence-electron chi connectivity index (χ3n) is 6.41. The van der Waals surface area contributed by atoms with Gasteiger partial charge in [0.1, 0.15) is 12.4 Å². The molecule has 0 atom stereocenters. The number of hydrogen-bond donors (Lipinski definition) is 0. The second kappa shape index (κ2) is 8.21. The Balaban J connectivity index is 1.17. The number of nitrogens with zero attached hydrogens (tertiary/aromatic N) is 4. The van der Waals surface area contributed by atoms with Crippen molar-refractivity contribution in [2.24, 2.45) is 0 Å². The maximum atomic E-state index is 13.0. The molecule has 0 bridgehead atoms. The van der Waals surface area contributed by atoms with Crippen molar-refractivity contribution in [3.05, 3.63) is 58.8 Å². The predicted octanol–water partition coefficient (Wildman–Crippen LogP) is 3.18. The first-order valence-corrected chi connectivity index (χ1v) is 11.1. The number of benzene rings is 1. The van der Waals surface area contributed by atoms with Crippen molar-refractivity contribution < 1.29 is 14.3 Å². The van der Waals surface area contributed by atoms with E-state index in [0.717, 1.165) is 24.5 Å². The molecule has 1 aromatic heterocycles. The average Bonchev–Trinajstić information content (AvgIpc) is 3.57. The predicted molar refractivity (Wildman–Crippen MR) is 117 cm³/mol. The van der Waals surface area contributed by atoms with Crippen LogP contribution in [0.4, 0.5) is 10.6 Å². The quantitative estimate of drug-likeness (QED) is 0.743. The molecule has 1 aliphatic carbocycles. The normalized spacial score (nSPS) is 19.0. The van der Waals surface area contributed by atoms with Gasteiger partial charge in [-0.25, -0.2) is 9.78 Å². The van der Waals surface area contributed by atoms with Crippen LogP contribution < -0.4 is 4.90 Å². The van der Waals surface area contributed by atoms with E-state index in [2.05, 4.69) is 17.9 Å². The van der Waals surface area contributed by atoms with E-state index in [9.17, 15) is 9.59 Å². The minimum atomic E-state index is -0.273. The fourth-order valence-electron chi connectivity index (χ4n) is 4.41. The molecule has 0 N–H and O–H groups in total. The van der Waals surface area contributed by atoms with Gasteiger partial charge in [-0.05, 0) is 54.5 Å². The molecule has 2 aliphatic heterocycles. The molecule has 31 heavy (non-hydrogen) atoms. The van der Waals surface area contributed by atoms with Crippen LogP contribution in [0.5, 0.6) is 0 Å². The molecule has 2 amide bonds. The Morgan fingerprint density at radius 2 is 1.84 bits per heavy atom. The van der Waals surface area contributed by atoms with Gasteiger partial charge >= 0.3 is 6.09 Å². The Labute approximate surface area is 182 Å². The zero-order valence-corrected chi connectivity index (χ0v) is 17.9. The second-order valence-corrected chi connectivity index (χ2v) is 8.70. The molecule has 1 aromatic carbocycles. The van der Waals surface area contributed by atoms with Crippen molar-refractivity contribution in [1.29, 1.82) is 0 Å². The number of ether oxygens (including phenoxy) is 1. The van der Waals surface area contributed by atoms with Crippen molar-refractivity contribution in [3.63, 3.8) is 0 Å². The van der Waals surface area contributed by atoms with E-state index in [1.165, 1.54) is 24.0 Å². The topological polar surface area (TPSA) is 66.0 Å². The maximum absolute atomic E-state index is 13.0. The van der Waals surface area contributed by atoms with Crippen LogP contribution in [0.1, 0.15) is 45.8 Å². The van der Waals surface area contributed by atoms with E-state index in [0.29, 0.717) is 44.3 Å². The largest absolute Gasteiger partial charge is 0.448 e. The third kappa shape index (κ3) is 4.22. The van der Waals surface area contributed by atoms with Crippen molar-refractivity contribution in [2.45, 2.75) is 32.2 Å². The highest BCUT2D eigenvalue weighted by Gasteiger charge is 2.27. The zero-order chi connectivity index (χ0) is 21.4. The van der Waals surface area contributed by atoms with Gasteiger partial charge in [0.25, 0.3) is 5.91 Å². The summed E-state index contributed by atoms with van der Waals surface area (Å²) in [6.07, 6.45) is 4.32. The smallest absolute Gasteiger partial charge is 0.410 e. The summed E-state index contributed by atoms with van der Waals surface area (Å²) in [5.74, 6) is 1.81. The summed E-state index contributed by atoms with van der Waals surface area (Å²) < 4.78 is 4.96. The summed E-state index contributed by atoms with van der Waals surface area (Å²) in [5.41, 5.74) is 4.27. The Kier molecular flexibility index (Phi) is 5.26. The van der Waals surface area contributed by atoms with Crippen molar-refractivity contribution in [3.8, 4) is 0 Å². The average molecular weight is 421 g/mol. The fraction of sp³-hybridized carbons (Fsp3) is 0.458. The molecule has 0 unspecified atom stereocenters. The van der Waals surface area contributed by atoms with E-state index in [4.69, 9.17) is 9.72 Å². The summed E-state index contributed by atoms with van der Waals surface area (Å²) in [4.78, 5) is 35.1. The first kappa shape index (κ1) is 19.8. The van der Waals surface area contributed by atoms with Gasteiger partial charge in [-0.2, -0.15) is 0 Å². The Morgan fingerprint density at radius 3 is 2.45 bits per heavy atom. The van der Waals surface area contributed by atoms with Crippen LogP contribution in [0, 0.1) is 6.92 Å². The lowest BCUT2D eigenvalue weighted by atomic mass is 10.1. The van der Waals surface area contributed by atoms with E-state index >= 15 is 0 Å². The molecule has 7 nitrogen and oxygen atoms in total. The van der Waals surface area contributed by atoms with Crippen molar-refractivity contribution in [2.75, 3.05) is 44.2 Å². The van der Waals surface area contributed by atoms with Gasteiger partial charge in [0.15, 0.2) is 0 Å². The van der Waals surface area contributed by atoms with Gasteiger partial charge in [0.2, 0.25) is 0 Å². The number of amides is 2. The number of piperazine rings is 1. The third-order valence-corrected chi connectivity index (χ3v) is 6.41. The highest BCUT2D eigenvalue weighted by molar-refractivity contribution is 5.94. The molecule has 0 spiro atoms. The summed E-state index contributed by atoms with van der Waals surface area (Å²) in [6.45, 7) is 6.65. The number of hydrogen-bond acceptors (Lipinski definition) is 5. The lowest BCUT2D eigenvalue weighted by Crippen LogP contribution is -2.49. The second-order valence-electron chi connectivity index (χ2n) is 8.70. The number of carbonyl (C=O) groups excluding carboxylic acids is 2. The van der Waals surface area contributed by atoms with Crippen LogP contribution in [0.15, 0.2) is 36.5 Å². The van der Waals surface area contributed by atoms with Gasteiger partial charge in [0, 0.05) is 44.5 Å². The molecule has 0 radical (unpaired) electrons. The van der Waals surface area contributed by atoms with Gasteiger partial charge in [-0.3, -0.25) is 4.79 Å². The van der Waals surface area contributed by atoms with E-state index in [-0.39, 0.29) is 12.0 Å². The van der Waals surface area contributed by atoms with E-state index in [1.54, 1.807) is 4.90 Å². The minimum absolute atomic E-state index is 0.0561. The summed E-state index contributed by atoms with van der Waals surface area (Å²) in [5, 5.41) is 0. The number of aryl methyl sites for hydroxylation is 1. The van der Waals surface area contributed by atoms with Crippen LogP contribution in [0.25, 0.3) is 0 Å². The van der Waals surface area contributed by atoms with Crippen molar-refractivity contribution in [1.82, 2.24) is 14.8 Å². The molecule has 2 aromatic rings. The van der Waals surface area contributed by atoms with Crippen LogP contribution in [0.3, 0.4) is 0 Å². The fourth-order valence-corrected chi connectivity index (χ4v) is 4.41. The number of carbonyl (C=O) groups is 2. The van der Waals surface area contributed by atoms with Gasteiger partial charge in [-0.15, -0.1) is 0 Å². The number of cyclic esters (lactones) is 1. The molecule has 3 heterocycles. The van der Waals surface area contributed by atoms with Gasteiger partial charge in [-0.1, -0.05) is 18.2 Å². The highest BCUT2D eigenvalue weighted by atomic mass is 16.6. The van der Waals surface area contributed by atoms with Crippen LogP contribution in [-0.2, 0) is 11.3 Å². The minimum Gasteiger partial charge on any atom is -0.448 e. The molecule has 7 heteroatoms. The number of anilines is 1. The first-order chi connectivity index (χ1) is 15.1. The van der Waals surface area contributed by atoms with E-state index in [1.807, 2.05) is 35.4 Å². The lowest BCUT2D eigenvalue weighted by molar-refractivity contribution is 0.0746. The molecule has 3 aliphatic rings. The van der Waals surface area contributed by atoms with Crippen LogP contribution in [0.2, 0.25) is 0 Å². The molecular weight excluding hydrogens is 392 g/mol. The lowest BCUT2D eigenvalue weighted by Gasteiger charge is -2.36. The van der Waals surface area contributed by atoms with Crippen LogP contribution in [-0.4, -0.2) is 66.1 Å². The van der Waals surface area contributed by atoms with E-state index < -0.39 is 0 Å². The summed E-state index contributed by atoms with van der Waals surface area (Å²) >= 11 is 0. The summed E-state index contributed by atoms with van der Waals surface area (Å²) in [7, 11) is 0. The van der Waals surface area contributed by atoms with Crippen molar-refractivity contribution >= 4 is 17.8 Å². The molecule has 3 fully saturated rings. The Morgan fingerprint density at radius 1 is 1.10 bits per heavy atom. The standard InChI is InChI=1S/C24H28N4O3/c1-17-14-21(19-6-7-19)15-25-22(17)26-8-10-27(11-9-26)23(29)20-4-2-18(3-5-20)16-28-12-13-31-24(28)30/h2-5,14-15,19H,6-13,16H2,1H3. The van der Waals surface area contributed by atoms with Gasteiger partial charge < -0.3 is 19.4 Å². The number of aromatic nitrogens is 1. The molecule has 1 saturated carbocycles. The van der Waals surface area contributed by atoms with Crippen LogP contribution >= 0.6 is 0 Å². The molecular formula is C24H28N4O3. The van der Waals surface area contributed by atoms with Gasteiger partial charge in [0.05, 0.1) is 6.54 Å². The Bertz CT molecular complexity index is 979. The maximum Gasteiger partial charge on any atom is 0.410 e. The Hall–Kier alpha value is -3.09. The molecule has 162 valence electrons.